The van der Waals surface area contributed by atoms with Crippen LogP contribution >= 0.6 is 23.2 Å². The van der Waals surface area contributed by atoms with Crippen molar-refractivity contribution in [1.82, 2.24) is 0 Å². The third kappa shape index (κ3) is 5.42. The molecule has 2 aromatic carbocycles. The monoisotopic (exact) mass is 418 g/mol. The van der Waals surface area contributed by atoms with Gasteiger partial charge < -0.3 is 18.9 Å². The van der Waals surface area contributed by atoms with Gasteiger partial charge in [-0.2, -0.15) is 0 Å². The Bertz CT molecular complexity index is 883. The second kappa shape index (κ2) is 10.6. The second-order valence-corrected chi connectivity index (χ2v) is 6.37. The van der Waals surface area contributed by atoms with E-state index in [9.17, 15) is 0 Å². The summed E-state index contributed by atoms with van der Waals surface area (Å²) in [5.41, 5.74) is 1.75. The van der Waals surface area contributed by atoms with Crippen LogP contribution in [0.5, 0.6) is 23.0 Å². The van der Waals surface area contributed by atoms with E-state index in [1.54, 1.807) is 40.6 Å². The third-order valence-corrected chi connectivity index (χ3v) is 4.50. The maximum absolute atomic E-state index is 6.11. The highest BCUT2D eigenvalue weighted by atomic mass is 35.5. The van der Waals surface area contributed by atoms with Gasteiger partial charge in [-0.1, -0.05) is 35.0 Å². The van der Waals surface area contributed by atoms with Gasteiger partial charge in [0.15, 0.2) is 0 Å². The summed E-state index contributed by atoms with van der Waals surface area (Å²) in [5, 5.41) is 0.978. The number of ether oxygens (including phenoxy) is 4. The molecule has 6 heteroatoms. The van der Waals surface area contributed by atoms with E-state index in [-0.39, 0.29) is 0 Å². The highest BCUT2D eigenvalue weighted by molar-refractivity contribution is 6.32. The molecule has 0 bridgehead atoms. The summed E-state index contributed by atoms with van der Waals surface area (Å²) in [6.07, 6.45) is 0.924. The smallest absolute Gasteiger partial charge is 0.138 e. The van der Waals surface area contributed by atoms with E-state index in [0.717, 1.165) is 11.1 Å². The molecule has 28 heavy (non-hydrogen) atoms. The Labute approximate surface area is 175 Å². The molecule has 0 fully saturated rings. The molecule has 0 aliphatic carbocycles. The van der Waals surface area contributed by atoms with E-state index in [4.69, 9.17) is 42.1 Å². The average molecular weight is 419 g/mol. The van der Waals surface area contributed by atoms with Crippen LogP contribution in [0.25, 0.3) is 0 Å². The average Bonchev–Trinajstić information content (AvgIpc) is 2.71. The van der Waals surface area contributed by atoms with Gasteiger partial charge in [0.25, 0.3) is 0 Å². The SMILES string of the molecule is COc1cc(CC#CC#CCc2cc(OC)c(Cl)cc2OC)c(OC)cc1Cl. The zero-order valence-corrected chi connectivity index (χ0v) is 17.6. The summed E-state index contributed by atoms with van der Waals surface area (Å²) in [4.78, 5) is 0. The molecule has 146 valence electrons. The van der Waals surface area contributed by atoms with Crippen LogP contribution in [0.3, 0.4) is 0 Å². The molecule has 0 amide bonds. The number of benzene rings is 2. The quantitative estimate of drug-likeness (QED) is 0.630. The van der Waals surface area contributed by atoms with Crippen LogP contribution in [0.4, 0.5) is 0 Å². The highest BCUT2D eigenvalue weighted by Crippen LogP contribution is 2.33. The summed E-state index contributed by atoms with van der Waals surface area (Å²) in [5.74, 6) is 14.2. The second-order valence-electron chi connectivity index (χ2n) is 5.55. The fourth-order valence-electron chi connectivity index (χ4n) is 2.49. The standard InChI is InChI=1S/C22H20Cl2O4/c1-25-19-13-17(23)21(27-3)11-15(19)9-7-5-6-8-10-16-12-22(28-4)18(24)14-20(16)26-2/h11-14H,9-10H2,1-4H3. The van der Waals surface area contributed by atoms with Crippen molar-refractivity contribution in [2.45, 2.75) is 12.8 Å². The van der Waals surface area contributed by atoms with Gasteiger partial charge in [-0.15, -0.1) is 0 Å². The maximum Gasteiger partial charge on any atom is 0.138 e. The normalized spacial score (nSPS) is 9.50. The first-order valence-electron chi connectivity index (χ1n) is 8.30. The van der Waals surface area contributed by atoms with Gasteiger partial charge in [0.05, 0.1) is 38.5 Å². The van der Waals surface area contributed by atoms with Crippen LogP contribution < -0.4 is 18.9 Å². The molecule has 0 spiro atoms. The van der Waals surface area contributed by atoms with Crippen molar-refractivity contribution >= 4 is 23.2 Å². The van der Waals surface area contributed by atoms with Crippen molar-refractivity contribution in [3.8, 4) is 46.7 Å². The Morgan fingerprint density at radius 3 is 1.29 bits per heavy atom. The molecular weight excluding hydrogens is 399 g/mol. The van der Waals surface area contributed by atoms with Crippen LogP contribution in [0.1, 0.15) is 11.1 Å². The summed E-state index contributed by atoms with van der Waals surface area (Å²) in [6.45, 7) is 0. The Hall–Kier alpha value is -2.66. The van der Waals surface area contributed by atoms with Gasteiger partial charge in [0, 0.05) is 36.1 Å². The van der Waals surface area contributed by atoms with E-state index in [2.05, 4.69) is 23.7 Å². The Balaban J connectivity index is 2.11. The van der Waals surface area contributed by atoms with Crippen molar-refractivity contribution in [1.29, 1.82) is 0 Å². The van der Waals surface area contributed by atoms with Crippen LogP contribution in [-0.4, -0.2) is 28.4 Å². The summed E-state index contributed by atoms with van der Waals surface area (Å²) in [6, 6.07) is 7.05. The van der Waals surface area contributed by atoms with E-state index in [1.165, 1.54) is 0 Å². The number of rotatable bonds is 6. The Morgan fingerprint density at radius 1 is 0.607 bits per heavy atom. The van der Waals surface area contributed by atoms with Gasteiger partial charge >= 0.3 is 0 Å². The fraction of sp³-hybridized carbons (Fsp3) is 0.273. The molecule has 0 radical (unpaired) electrons. The van der Waals surface area contributed by atoms with Gasteiger partial charge in [-0.3, -0.25) is 0 Å². The highest BCUT2D eigenvalue weighted by Gasteiger charge is 2.09. The van der Waals surface area contributed by atoms with Crippen LogP contribution in [0.15, 0.2) is 24.3 Å². The lowest BCUT2D eigenvalue weighted by Crippen LogP contribution is -1.94. The van der Waals surface area contributed by atoms with E-state index in [0.29, 0.717) is 45.9 Å². The topological polar surface area (TPSA) is 36.9 Å². The molecule has 0 heterocycles. The predicted octanol–water partition coefficient (Wildman–Crippen LogP) is 4.82. The number of methoxy groups -OCH3 is 4. The van der Waals surface area contributed by atoms with E-state index < -0.39 is 0 Å². The van der Waals surface area contributed by atoms with E-state index >= 15 is 0 Å². The Morgan fingerprint density at radius 2 is 0.964 bits per heavy atom. The minimum Gasteiger partial charge on any atom is -0.496 e. The molecule has 0 aromatic heterocycles. The molecule has 0 aliphatic heterocycles. The van der Waals surface area contributed by atoms with Gasteiger partial charge in [-0.25, -0.2) is 0 Å². The van der Waals surface area contributed by atoms with Crippen molar-refractivity contribution in [2.75, 3.05) is 28.4 Å². The zero-order valence-electron chi connectivity index (χ0n) is 16.1. The minimum absolute atomic E-state index is 0.462. The van der Waals surface area contributed by atoms with Crippen LogP contribution in [-0.2, 0) is 12.8 Å². The van der Waals surface area contributed by atoms with Crippen LogP contribution in [0.2, 0.25) is 10.0 Å². The maximum atomic E-state index is 6.11. The molecule has 0 N–H and O–H groups in total. The molecule has 0 unspecified atom stereocenters. The number of hydrogen-bond donors (Lipinski definition) is 0. The predicted molar refractivity (Wildman–Crippen MR) is 112 cm³/mol. The Kier molecular flexibility index (Phi) is 8.20. The first kappa shape index (κ1) is 21.6. The fourth-order valence-corrected chi connectivity index (χ4v) is 2.95. The first-order chi connectivity index (χ1) is 13.5. The first-order valence-corrected chi connectivity index (χ1v) is 9.06. The van der Waals surface area contributed by atoms with Gasteiger partial charge in [0.1, 0.15) is 23.0 Å². The zero-order chi connectivity index (χ0) is 20.5. The molecular formula is C22H20Cl2O4. The summed E-state index contributed by atoms with van der Waals surface area (Å²) in [7, 11) is 6.30. The van der Waals surface area contributed by atoms with Crippen LogP contribution in [0, 0.1) is 23.7 Å². The molecule has 0 saturated heterocycles. The lowest BCUT2D eigenvalue weighted by atomic mass is 10.1. The van der Waals surface area contributed by atoms with Gasteiger partial charge in [-0.05, 0) is 24.0 Å². The summed E-state index contributed by atoms with van der Waals surface area (Å²) < 4.78 is 21.1. The lowest BCUT2D eigenvalue weighted by molar-refractivity contribution is 0.400. The van der Waals surface area contributed by atoms with Crippen molar-refractivity contribution < 1.29 is 18.9 Å². The summed E-state index contributed by atoms with van der Waals surface area (Å²) >= 11 is 12.2. The third-order valence-electron chi connectivity index (χ3n) is 3.91. The molecule has 4 nitrogen and oxygen atoms in total. The van der Waals surface area contributed by atoms with E-state index in [1.807, 2.05) is 12.1 Å². The molecule has 0 saturated carbocycles. The molecule has 2 rings (SSSR count). The van der Waals surface area contributed by atoms with Gasteiger partial charge in [0.2, 0.25) is 0 Å². The number of hydrogen-bond acceptors (Lipinski definition) is 4. The largest absolute Gasteiger partial charge is 0.496 e. The number of halogens is 2. The minimum atomic E-state index is 0.462. The molecule has 2 aromatic rings. The molecule has 0 aliphatic rings. The van der Waals surface area contributed by atoms with Crippen molar-refractivity contribution in [3.05, 3.63) is 45.4 Å². The lowest BCUT2D eigenvalue weighted by Gasteiger charge is -2.10. The van der Waals surface area contributed by atoms with Crippen molar-refractivity contribution in [2.24, 2.45) is 0 Å². The molecule has 0 atom stereocenters. The van der Waals surface area contributed by atoms with Crippen molar-refractivity contribution in [3.63, 3.8) is 0 Å².